The van der Waals surface area contributed by atoms with Crippen LogP contribution in [0.4, 0.5) is 10.9 Å². The lowest BCUT2D eigenvalue weighted by molar-refractivity contribution is -0.117. The van der Waals surface area contributed by atoms with Gasteiger partial charge in [0.1, 0.15) is 23.5 Å². The van der Waals surface area contributed by atoms with Crippen LogP contribution in [0.3, 0.4) is 0 Å². The number of hydrogen-bond acceptors (Lipinski definition) is 9. The zero-order chi connectivity index (χ0) is 18.6. The number of carbonyl (C=O) groups is 1. The third-order valence-electron chi connectivity index (χ3n) is 4.37. The molecule has 1 amide bonds. The first-order chi connectivity index (χ1) is 13.2. The Balaban J connectivity index is 1.41. The number of anilines is 2. The molecular formula is C16H20N6O3S2. The summed E-state index contributed by atoms with van der Waals surface area (Å²) in [5, 5.41) is 16.3. The maximum absolute atomic E-state index is 12.3. The van der Waals surface area contributed by atoms with Crippen molar-refractivity contribution in [2.45, 2.75) is 25.5 Å². The van der Waals surface area contributed by atoms with Crippen molar-refractivity contribution in [1.82, 2.24) is 20.0 Å². The highest BCUT2D eigenvalue weighted by Gasteiger charge is 2.22. The van der Waals surface area contributed by atoms with Crippen molar-refractivity contribution in [3.05, 3.63) is 27.5 Å². The molecule has 1 atom stereocenters. The van der Waals surface area contributed by atoms with Crippen LogP contribution in [0.25, 0.3) is 0 Å². The fourth-order valence-corrected chi connectivity index (χ4v) is 4.74. The van der Waals surface area contributed by atoms with Gasteiger partial charge in [0.15, 0.2) is 0 Å². The first kappa shape index (κ1) is 18.4. The van der Waals surface area contributed by atoms with E-state index in [4.69, 9.17) is 4.74 Å². The second kappa shape index (κ2) is 8.36. The van der Waals surface area contributed by atoms with Gasteiger partial charge in [-0.05, 0) is 18.9 Å². The van der Waals surface area contributed by atoms with Crippen LogP contribution in [0.15, 0.2) is 16.9 Å². The molecule has 9 nitrogen and oxygen atoms in total. The fraction of sp³-hybridized carbons (Fsp3) is 0.562. The van der Waals surface area contributed by atoms with Crippen LogP contribution in [0, 0.1) is 0 Å². The molecule has 0 saturated carbocycles. The van der Waals surface area contributed by atoms with E-state index in [9.17, 15) is 9.59 Å². The van der Waals surface area contributed by atoms with E-state index in [2.05, 4.69) is 25.5 Å². The molecule has 144 valence electrons. The minimum Gasteiger partial charge on any atom is -0.371 e. The van der Waals surface area contributed by atoms with Gasteiger partial charge < -0.3 is 9.64 Å². The van der Waals surface area contributed by atoms with Crippen LogP contribution in [0.2, 0.25) is 0 Å². The van der Waals surface area contributed by atoms with Crippen LogP contribution in [-0.4, -0.2) is 57.1 Å². The summed E-state index contributed by atoms with van der Waals surface area (Å²) < 4.78 is 6.76. The lowest BCUT2D eigenvalue weighted by Gasteiger charge is -2.27. The number of amides is 1. The smallest absolute Gasteiger partial charge is 0.267 e. The van der Waals surface area contributed by atoms with Gasteiger partial charge >= 0.3 is 0 Å². The molecule has 0 bridgehead atoms. The number of carbonyl (C=O) groups excluding carboxylic acids is 1. The van der Waals surface area contributed by atoms with E-state index in [0.717, 1.165) is 54.9 Å². The summed E-state index contributed by atoms with van der Waals surface area (Å²) in [7, 11) is 0. The molecule has 0 aliphatic carbocycles. The second-order valence-electron chi connectivity index (χ2n) is 6.28. The monoisotopic (exact) mass is 408 g/mol. The molecule has 0 radical (unpaired) electrons. The van der Waals surface area contributed by atoms with Crippen molar-refractivity contribution < 1.29 is 9.53 Å². The van der Waals surface area contributed by atoms with E-state index in [1.165, 1.54) is 22.1 Å². The third kappa shape index (κ3) is 4.47. The van der Waals surface area contributed by atoms with Crippen molar-refractivity contribution in [2.24, 2.45) is 0 Å². The Morgan fingerprint density at radius 3 is 2.93 bits per heavy atom. The first-order valence-electron chi connectivity index (χ1n) is 8.85. The molecule has 4 rings (SSSR count). The Morgan fingerprint density at radius 2 is 2.15 bits per heavy atom. The highest BCUT2D eigenvalue weighted by molar-refractivity contribution is 7.99. The Morgan fingerprint density at radius 1 is 1.30 bits per heavy atom. The van der Waals surface area contributed by atoms with Gasteiger partial charge in [-0.15, -0.1) is 10.2 Å². The largest absolute Gasteiger partial charge is 0.371 e. The van der Waals surface area contributed by atoms with Gasteiger partial charge in [-0.1, -0.05) is 11.3 Å². The summed E-state index contributed by atoms with van der Waals surface area (Å²) in [4.78, 5) is 26.5. The van der Waals surface area contributed by atoms with Crippen molar-refractivity contribution >= 4 is 40.0 Å². The molecule has 2 aromatic heterocycles. The highest BCUT2D eigenvalue weighted by Crippen LogP contribution is 2.31. The first-order valence-corrected chi connectivity index (χ1v) is 10.8. The normalized spacial score (nSPS) is 20.0. The summed E-state index contributed by atoms with van der Waals surface area (Å²) in [5.74, 6) is 2.43. The number of thioether (sulfide) groups is 1. The molecule has 2 aliphatic rings. The quantitative estimate of drug-likeness (QED) is 0.786. The number of ether oxygens (including phenoxy) is 1. The minimum absolute atomic E-state index is 0.0307. The van der Waals surface area contributed by atoms with Crippen LogP contribution in [-0.2, 0) is 16.1 Å². The van der Waals surface area contributed by atoms with E-state index in [0.29, 0.717) is 5.13 Å². The van der Waals surface area contributed by atoms with Gasteiger partial charge in [0.05, 0.1) is 0 Å². The molecule has 2 aromatic rings. The fourth-order valence-electron chi connectivity index (χ4n) is 2.99. The van der Waals surface area contributed by atoms with Crippen LogP contribution in [0.1, 0.15) is 24.0 Å². The predicted octanol–water partition coefficient (Wildman–Crippen LogP) is 1.14. The lowest BCUT2D eigenvalue weighted by atomic mass is 10.2. The average molecular weight is 409 g/mol. The molecule has 4 heterocycles. The van der Waals surface area contributed by atoms with Crippen molar-refractivity contribution in [1.29, 1.82) is 0 Å². The summed E-state index contributed by atoms with van der Waals surface area (Å²) in [6.07, 6.45) is 1.90. The Labute approximate surface area is 164 Å². The number of hydrogen-bond donors (Lipinski definition) is 1. The summed E-state index contributed by atoms with van der Waals surface area (Å²) in [6, 6.07) is 3.17. The van der Waals surface area contributed by atoms with Crippen LogP contribution in [0.5, 0.6) is 0 Å². The molecule has 27 heavy (non-hydrogen) atoms. The number of aromatic nitrogens is 4. The molecule has 2 fully saturated rings. The van der Waals surface area contributed by atoms with Crippen molar-refractivity contribution in [2.75, 3.05) is 41.4 Å². The molecule has 0 spiro atoms. The van der Waals surface area contributed by atoms with Gasteiger partial charge in [0.2, 0.25) is 11.0 Å². The molecule has 11 heteroatoms. The second-order valence-corrected chi connectivity index (χ2v) is 8.52. The van der Waals surface area contributed by atoms with E-state index >= 15 is 0 Å². The molecular weight excluding hydrogens is 388 g/mol. The molecule has 2 aliphatic heterocycles. The van der Waals surface area contributed by atoms with E-state index < -0.39 is 0 Å². The molecule has 0 unspecified atom stereocenters. The Hall–Kier alpha value is -1.98. The summed E-state index contributed by atoms with van der Waals surface area (Å²) in [5.41, 5.74) is -0.308. The minimum atomic E-state index is -0.356. The maximum Gasteiger partial charge on any atom is 0.267 e. The van der Waals surface area contributed by atoms with Crippen molar-refractivity contribution in [3.63, 3.8) is 0 Å². The lowest BCUT2D eigenvalue weighted by Crippen LogP contribution is -2.36. The SMILES string of the molecule is O=C(Cn1nc(N2CCSCC2)ccc1=O)Nc1nnc([C@H]2CCCO2)s1. The van der Waals surface area contributed by atoms with E-state index in [1.54, 1.807) is 6.07 Å². The predicted molar refractivity (Wildman–Crippen MR) is 105 cm³/mol. The van der Waals surface area contributed by atoms with Crippen LogP contribution >= 0.6 is 23.1 Å². The third-order valence-corrected chi connectivity index (χ3v) is 6.25. The highest BCUT2D eigenvalue weighted by atomic mass is 32.2. The standard InChI is InChI=1S/C16H20N6O3S2/c23-13(17-16-19-18-15(27-16)11-2-1-7-25-11)10-22-14(24)4-3-12(20-22)21-5-8-26-9-6-21/h3-4,11H,1-2,5-10H2,(H,17,19,23)/t11-/m1/s1. The Bertz CT molecular complexity index is 858. The molecule has 2 saturated heterocycles. The average Bonchev–Trinajstić information content (AvgIpc) is 3.36. The van der Waals surface area contributed by atoms with E-state index in [-0.39, 0.29) is 24.1 Å². The van der Waals surface area contributed by atoms with Gasteiger partial charge in [0.25, 0.3) is 5.56 Å². The zero-order valence-corrected chi connectivity index (χ0v) is 16.3. The van der Waals surface area contributed by atoms with Gasteiger partial charge in [-0.25, -0.2) is 4.68 Å². The van der Waals surface area contributed by atoms with Crippen LogP contribution < -0.4 is 15.8 Å². The summed E-state index contributed by atoms with van der Waals surface area (Å²) >= 11 is 3.20. The van der Waals surface area contributed by atoms with E-state index in [1.807, 2.05) is 11.8 Å². The molecule has 1 N–H and O–H groups in total. The number of nitrogens with one attached hydrogen (secondary N) is 1. The zero-order valence-electron chi connectivity index (χ0n) is 14.7. The maximum atomic E-state index is 12.3. The van der Waals surface area contributed by atoms with Gasteiger partial charge in [-0.3, -0.25) is 14.9 Å². The molecule has 0 aromatic carbocycles. The summed E-state index contributed by atoms with van der Waals surface area (Å²) in [6.45, 7) is 2.34. The number of nitrogens with zero attached hydrogens (tertiary/aromatic N) is 5. The van der Waals surface area contributed by atoms with Crippen molar-refractivity contribution in [3.8, 4) is 0 Å². The van der Waals surface area contributed by atoms with Gasteiger partial charge in [0, 0.05) is 37.3 Å². The number of rotatable bonds is 5. The topological polar surface area (TPSA) is 102 Å². The Kier molecular flexibility index (Phi) is 5.69. The van der Waals surface area contributed by atoms with Gasteiger partial charge in [-0.2, -0.15) is 16.9 Å².